The standard InChI is InChI=1S/C14H17N5S/c1-18(8-11-9-20-10-16-11)14-12(5-6-15)19-7-3-2-4-13(19)17-14/h2-4,7,9-10H,5-6,8,15H2,1H3. The van der Waals surface area contributed by atoms with Gasteiger partial charge in [0, 0.05) is 25.0 Å². The predicted octanol–water partition coefficient (Wildman–Crippen LogP) is 1.93. The Kier molecular flexibility index (Phi) is 3.66. The summed E-state index contributed by atoms with van der Waals surface area (Å²) in [5, 5.41) is 2.06. The smallest absolute Gasteiger partial charge is 0.151 e. The number of hydrogen-bond acceptors (Lipinski definition) is 5. The maximum atomic E-state index is 5.75. The van der Waals surface area contributed by atoms with Crippen molar-refractivity contribution in [1.29, 1.82) is 0 Å². The molecule has 0 aliphatic heterocycles. The number of fused-ring (bicyclic) bond motifs is 1. The molecular formula is C14H17N5S. The minimum atomic E-state index is 0.611. The molecule has 3 aromatic rings. The van der Waals surface area contributed by atoms with Gasteiger partial charge in [0.2, 0.25) is 0 Å². The highest BCUT2D eigenvalue weighted by atomic mass is 32.1. The highest BCUT2D eigenvalue weighted by Crippen LogP contribution is 2.22. The third kappa shape index (κ3) is 2.39. The number of rotatable bonds is 5. The second kappa shape index (κ2) is 5.60. The Morgan fingerprint density at radius 1 is 1.40 bits per heavy atom. The van der Waals surface area contributed by atoms with Crippen LogP contribution in [0.25, 0.3) is 5.65 Å². The summed E-state index contributed by atoms with van der Waals surface area (Å²) in [6.07, 6.45) is 2.84. The van der Waals surface area contributed by atoms with E-state index in [1.165, 1.54) is 0 Å². The SMILES string of the molecule is CN(Cc1cscn1)c1nc2ccccn2c1CCN. The highest BCUT2D eigenvalue weighted by Gasteiger charge is 2.15. The van der Waals surface area contributed by atoms with E-state index in [0.717, 1.165) is 35.8 Å². The molecule has 104 valence electrons. The van der Waals surface area contributed by atoms with Crippen LogP contribution in [0, 0.1) is 0 Å². The lowest BCUT2D eigenvalue weighted by atomic mass is 10.3. The molecule has 3 aromatic heterocycles. The third-order valence-corrected chi connectivity index (χ3v) is 3.87. The van der Waals surface area contributed by atoms with Crippen LogP contribution < -0.4 is 10.6 Å². The van der Waals surface area contributed by atoms with Crippen LogP contribution in [0.5, 0.6) is 0 Å². The average molecular weight is 287 g/mol. The quantitative estimate of drug-likeness (QED) is 0.779. The molecule has 0 atom stereocenters. The van der Waals surface area contributed by atoms with E-state index in [0.29, 0.717) is 6.54 Å². The number of anilines is 1. The summed E-state index contributed by atoms with van der Waals surface area (Å²) in [5.74, 6) is 0.981. The van der Waals surface area contributed by atoms with Gasteiger partial charge in [-0.3, -0.25) is 0 Å². The largest absolute Gasteiger partial charge is 0.352 e. The van der Waals surface area contributed by atoms with Crippen molar-refractivity contribution in [2.75, 3.05) is 18.5 Å². The van der Waals surface area contributed by atoms with E-state index in [2.05, 4.69) is 19.7 Å². The molecule has 20 heavy (non-hydrogen) atoms. The van der Waals surface area contributed by atoms with E-state index in [1.54, 1.807) is 11.3 Å². The van der Waals surface area contributed by atoms with Gasteiger partial charge in [-0.2, -0.15) is 0 Å². The molecule has 0 aliphatic carbocycles. The second-order valence-electron chi connectivity index (χ2n) is 4.69. The fourth-order valence-corrected chi connectivity index (χ4v) is 2.89. The van der Waals surface area contributed by atoms with Crippen LogP contribution in [0.4, 0.5) is 5.82 Å². The Balaban J connectivity index is 1.98. The van der Waals surface area contributed by atoms with Crippen molar-refractivity contribution in [3.8, 4) is 0 Å². The number of nitrogens with zero attached hydrogens (tertiary/aromatic N) is 4. The molecule has 0 aromatic carbocycles. The molecule has 2 N–H and O–H groups in total. The molecule has 0 spiro atoms. The van der Waals surface area contributed by atoms with Crippen LogP contribution in [-0.2, 0) is 13.0 Å². The number of pyridine rings is 1. The molecule has 5 nitrogen and oxygen atoms in total. The highest BCUT2D eigenvalue weighted by molar-refractivity contribution is 7.07. The zero-order chi connectivity index (χ0) is 13.9. The molecule has 3 rings (SSSR count). The van der Waals surface area contributed by atoms with Gasteiger partial charge >= 0.3 is 0 Å². The van der Waals surface area contributed by atoms with Crippen LogP contribution in [0.2, 0.25) is 0 Å². The van der Waals surface area contributed by atoms with Crippen molar-refractivity contribution >= 4 is 22.8 Å². The molecule has 0 aliphatic rings. The lowest BCUT2D eigenvalue weighted by Gasteiger charge is -2.17. The minimum Gasteiger partial charge on any atom is -0.352 e. The van der Waals surface area contributed by atoms with Gasteiger partial charge in [0.1, 0.15) is 5.65 Å². The summed E-state index contributed by atoms with van der Waals surface area (Å²) >= 11 is 1.61. The van der Waals surface area contributed by atoms with Gasteiger partial charge in [-0.25, -0.2) is 9.97 Å². The lowest BCUT2D eigenvalue weighted by molar-refractivity contribution is 0.845. The topological polar surface area (TPSA) is 59.5 Å². The first-order valence-corrected chi connectivity index (χ1v) is 7.48. The molecule has 0 bridgehead atoms. The van der Waals surface area contributed by atoms with E-state index in [1.807, 2.05) is 37.0 Å². The summed E-state index contributed by atoms with van der Waals surface area (Å²) in [7, 11) is 2.04. The Morgan fingerprint density at radius 2 is 2.30 bits per heavy atom. The Bertz CT molecular complexity index is 689. The summed E-state index contributed by atoms with van der Waals surface area (Å²) in [6.45, 7) is 1.37. The monoisotopic (exact) mass is 287 g/mol. The van der Waals surface area contributed by atoms with Gasteiger partial charge in [-0.05, 0) is 18.7 Å². The molecule has 0 unspecified atom stereocenters. The molecule has 0 radical (unpaired) electrons. The van der Waals surface area contributed by atoms with Gasteiger partial charge < -0.3 is 15.0 Å². The van der Waals surface area contributed by atoms with Gasteiger partial charge in [-0.15, -0.1) is 11.3 Å². The van der Waals surface area contributed by atoms with Gasteiger partial charge in [0.05, 0.1) is 23.4 Å². The maximum absolute atomic E-state index is 5.75. The second-order valence-corrected chi connectivity index (χ2v) is 5.40. The summed E-state index contributed by atoms with van der Waals surface area (Å²) in [5.41, 5.74) is 10.8. The summed E-state index contributed by atoms with van der Waals surface area (Å²) in [4.78, 5) is 11.2. The molecule has 0 saturated heterocycles. The zero-order valence-electron chi connectivity index (χ0n) is 11.4. The number of aromatic nitrogens is 3. The van der Waals surface area contributed by atoms with Gasteiger partial charge in [0.25, 0.3) is 0 Å². The van der Waals surface area contributed by atoms with E-state index >= 15 is 0 Å². The fraction of sp³-hybridized carbons (Fsp3) is 0.286. The van der Waals surface area contributed by atoms with E-state index in [4.69, 9.17) is 10.7 Å². The van der Waals surface area contributed by atoms with Gasteiger partial charge in [0.15, 0.2) is 5.82 Å². The fourth-order valence-electron chi connectivity index (χ4n) is 2.34. The zero-order valence-corrected chi connectivity index (χ0v) is 12.2. The lowest BCUT2D eigenvalue weighted by Crippen LogP contribution is -2.19. The third-order valence-electron chi connectivity index (χ3n) is 3.23. The Labute approximate surface area is 121 Å². The molecule has 0 amide bonds. The first-order chi connectivity index (χ1) is 9.79. The van der Waals surface area contributed by atoms with E-state index < -0.39 is 0 Å². The Morgan fingerprint density at radius 3 is 3.05 bits per heavy atom. The van der Waals surface area contributed by atoms with Crippen molar-refractivity contribution in [3.05, 3.63) is 46.7 Å². The van der Waals surface area contributed by atoms with Crippen molar-refractivity contribution in [2.24, 2.45) is 5.73 Å². The first kappa shape index (κ1) is 13.1. The maximum Gasteiger partial charge on any atom is 0.151 e. The molecule has 6 heteroatoms. The molecule has 0 saturated carbocycles. The minimum absolute atomic E-state index is 0.611. The van der Waals surface area contributed by atoms with Crippen molar-refractivity contribution in [3.63, 3.8) is 0 Å². The van der Waals surface area contributed by atoms with Crippen molar-refractivity contribution in [2.45, 2.75) is 13.0 Å². The van der Waals surface area contributed by atoms with Crippen molar-refractivity contribution < 1.29 is 0 Å². The van der Waals surface area contributed by atoms with Crippen LogP contribution in [0.3, 0.4) is 0 Å². The average Bonchev–Trinajstić information content (AvgIpc) is 3.07. The Hall–Kier alpha value is -1.92. The molecule has 0 fully saturated rings. The van der Waals surface area contributed by atoms with E-state index in [9.17, 15) is 0 Å². The summed E-state index contributed by atoms with van der Waals surface area (Å²) in [6, 6.07) is 6.03. The van der Waals surface area contributed by atoms with E-state index in [-0.39, 0.29) is 0 Å². The number of thiazole rings is 1. The molecular weight excluding hydrogens is 270 g/mol. The first-order valence-electron chi connectivity index (χ1n) is 6.54. The molecule has 3 heterocycles. The summed E-state index contributed by atoms with van der Waals surface area (Å²) < 4.78 is 2.11. The van der Waals surface area contributed by atoms with Crippen LogP contribution in [0.1, 0.15) is 11.4 Å². The number of nitrogens with two attached hydrogens (primary N) is 1. The number of imidazole rings is 1. The number of hydrogen-bond donors (Lipinski definition) is 1. The van der Waals surface area contributed by atoms with Crippen LogP contribution >= 0.6 is 11.3 Å². The van der Waals surface area contributed by atoms with Crippen LogP contribution in [-0.4, -0.2) is 28.0 Å². The van der Waals surface area contributed by atoms with Crippen molar-refractivity contribution in [1.82, 2.24) is 14.4 Å². The van der Waals surface area contributed by atoms with Crippen LogP contribution in [0.15, 0.2) is 35.3 Å². The van der Waals surface area contributed by atoms with Gasteiger partial charge in [-0.1, -0.05) is 6.07 Å². The normalized spacial score (nSPS) is 11.1. The predicted molar refractivity (Wildman–Crippen MR) is 82.2 cm³/mol.